The molecular weight excluding hydrogens is 280 g/mol. The lowest BCUT2D eigenvalue weighted by atomic mass is 10.1. The molecule has 0 bridgehead atoms. The number of hydrogen-bond donors (Lipinski definition) is 1. The van der Waals surface area contributed by atoms with Crippen LogP contribution < -0.4 is 5.32 Å². The van der Waals surface area contributed by atoms with E-state index >= 15 is 0 Å². The Bertz CT molecular complexity index is 812. The standard InChI is InChI=1S/C13H8N2O2S2/c14-8-11-12(9-4-2-1-3-5-9)15-13-10(6-7-18-13)19(11,16)17/h1-7,15H. The third-order valence-electron chi connectivity index (χ3n) is 2.82. The highest BCUT2D eigenvalue weighted by atomic mass is 32.2. The molecule has 1 aromatic heterocycles. The van der Waals surface area contributed by atoms with Gasteiger partial charge in [0.25, 0.3) is 0 Å². The number of nitriles is 1. The number of nitrogens with one attached hydrogen (secondary N) is 1. The Morgan fingerprint density at radius 2 is 1.89 bits per heavy atom. The number of fused-ring (bicyclic) bond motifs is 1. The molecule has 0 unspecified atom stereocenters. The normalized spacial score (nSPS) is 16.4. The Morgan fingerprint density at radius 3 is 2.58 bits per heavy atom. The monoisotopic (exact) mass is 288 g/mol. The van der Waals surface area contributed by atoms with E-state index in [0.29, 0.717) is 16.3 Å². The Balaban J connectivity index is 2.30. The van der Waals surface area contributed by atoms with Gasteiger partial charge >= 0.3 is 0 Å². The van der Waals surface area contributed by atoms with Gasteiger partial charge in [0, 0.05) is 5.56 Å². The first-order valence-electron chi connectivity index (χ1n) is 5.44. The zero-order chi connectivity index (χ0) is 13.5. The van der Waals surface area contributed by atoms with E-state index in [1.54, 1.807) is 29.6 Å². The molecule has 6 heteroatoms. The number of hydrogen-bond acceptors (Lipinski definition) is 5. The fourth-order valence-corrected chi connectivity index (χ4v) is 4.50. The number of nitrogens with zero attached hydrogens (tertiary/aromatic N) is 1. The molecule has 1 N–H and O–H groups in total. The van der Waals surface area contributed by atoms with Gasteiger partial charge in [0.2, 0.25) is 9.84 Å². The molecule has 0 fully saturated rings. The molecule has 0 saturated carbocycles. The molecule has 2 aromatic rings. The van der Waals surface area contributed by atoms with E-state index in [4.69, 9.17) is 0 Å². The van der Waals surface area contributed by atoms with Gasteiger partial charge in [-0.15, -0.1) is 11.3 Å². The molecule has 0 spiro atoms. The van der Waals surface area contributed by atoms with Crippen molar-refractivity contribution < 1.29 is 8.42 Å². The quantitative estimate of drug-likeness (QED) is 0.876. The summed E-state index contributed by atoms with van der Waals surface area (Å²) in [5, 5.41) is 14.5. The smallest absolute Gasteiger partial charge is 0.221 e. The van der Waals surface area contributed by atoms with Gasteiger partial charge in [0.1, 0.15) is 16.0 Å². The van der Waals surface area contributed by atoms with Gasteiger partial charge in [-0.1, -0.05) is 30.3 Å². The zero-order valence-electron chi connectivity index (χ0n) is 9.62. The summed E-state index contributed by atoms with van der Waals surface area (Å²) < 4.78 is 24.7. The van der Waals surface area contributed by atoms with Gasteiger partial charge in [0.15, 0.2) is 4.91 Å². The van der Waals surface area contributed by atoms with Crippen LogP contribution in [0.3, 0.4) is 0 Å². The summed E-state index contributed by atoms with van der Waals surface area (Å²) in [6.07, 6.45) is 0. The molecule has 0 radical (unpaired) electrons. The molecule has 2 heterocycles. The minimum absolute atomic E-state index is 0.175. The van der Waals surface area contributed by atoms with Crippen LogP contribution in [0.2, 0.25) is 0 Å². The lowest BCUT2D eigenvalue weighted by Gasteiger charge is -2.18. The van der Waals surface area contributed by atoms with Crippen molar-refractivity contribution >= 4 is 31.9 Å². The number of sulfone groups is 1. The minimum atomic E-state index is -3.72. The van der Waals surface area contributed by atoms with Crippen LogP contribution in [0.4, 0.5) is 5.00 Å². The summed E-state index contributed by atoms with van der Waals surface area (Å²) in [5.41, 5.74) is 1.03. The van der Waals surface area contributed by atoms with Crippen LogP contribution in [-0.2, 0) is 9.84 Å². The third-order valence-corrected chi connectivity index (χ3v) is 5.53. The maximum Gasteiger partial charge on any atom is 0.221 e. The van der Waals surface area contributed by atoms with Gasteiger partial charge in [-0.3, -0.25) is 0 Å². The van der Waals surface area contributed by atoms with Crippen LogP contribution >= 0.6 is 11.3 Å². The number of allylic oxidation sites excluding steroid dienone is 1. The van der Waals surface area contributed by atoms with Crippen molar-refractivity contribution in [3.63, 3.8) is 0 Å². The van der Waals surface area contributed by atoms with Gasteiger partial charge in [-0.25, -0.2) is 8.42 Å². The number of thiophene rings is 1. The van der Waals surface area contributed by atoms with Gasteiger partial charge in [-0.05, 0) is 11.4 Å². The van der Waals surface area contributed by atoms with Crippen molar-refractivity contribution in [3.05, 3.63) is 52.2 Å². The van der Waals surface area contributed by atoms with Gasteiger partial charge < -0.3 is 5.32 Å². The lowest BCUT2D eigenvalue weighted by Crippen LogP contribution is -2.16. The molecule has 0 atom stereocenters. The highest BCUT2D eigenvalue weighted by Gasteiger charge is 2.33. The van der Waals surface area contributed by atoms with E-state index < -0.39 is 9.84 Å². The Kier molecular flexibility index (Phi) is 2.66. The molecular formula is C13H8N2O2S2. The maximum atomic E-state index is 12.4. The summed E-state index contributed by atoms with van der Waals surface area (Å²) in [5.74, 6) is 0. The fourth-order valence-electron chi connectivity index (χ4n) is 1.94. The molecule has 1 aliphatic heterocycles. The molecule has 0 aliphatic carbocycles. The van der Waals surface area contributed by atoms with Crippen molar-refractivity contribution in [2.75, 3.05) is 5.32 Å². The summed E-state index contributed by atoms with van der Waals surface area (Å²) in [4.78, 5) is -0.0571. The highest BCUT2D eigenvalue weighted by Crippen LogP contribution is 2.40. The summed E-state index contributed by atoms with van der Waals surface area (Å²) in [7, 11) is -3.72. The largest absolute Gasteiger partial charge is 0.344 e. The average molecular weight is 288 g/mol. The van der Waals surface area contributed by atoms with Crippen LogP contribution in [0.15, 0.2) is 51.6 Å². The average Bonchev–Trinajstić information content (AvgIpc) is 2.88. The van der Waals surface area contributed by atoms with E-state index in [1.807, 2.05) is 12.1 Å². The van der Waals surface area contributed by atoms with Crippen LogP contribution in [0.25, 0.3) is 5.70 Å². The molecule has 0 saturated heterocycles. The first-order valence-corrected chi connectivity index (χ1v) is 7.80. The number of anilines is 1. The molecule has 3 rings (SSSR count). The molecule has 1 aromatic carbocycles. The van der Waals surface area contributed by atoms with Crippen LogP contribution in [-0.4, -0.2) is 8.42 Å². The van der Waals surface area contributed by atoms with Crippen LogP contribution in [0, 0.1) is 11.3 Å². The topological polar surface area (TPSA) is 70.0 Å². The Hall–Kier alpha value is -2.10. The maximum absolute atomic E-state index is 12.4. The zero-order valence-corrected chi connectivity index (χ0v) is 11.3. The van der Waals surface area contributed by atoms with Crippen molar-refractivity contribution in [1.82, 2.24) is 0 Å². The number of rotatable bonds is 1. The van der Waals surface area contributed by atoms with E-state index in [1.165, 1.54) is 17.4 Å². The molecule has 94 valence electrons. The van der Waals surface area contributed by atoms with E-state index in [9.17, 15) is 13.7 Å². The van der Waals surface area contributed by atoms with Gasteiger partial charge in [-0.2, -0.15) is 5.26 Å². The van der Waals surface area contributed by atoms with Crippen molar-refractivity contribution in [2.24, 2.45) is 0 Å². The first kappa shape index (κ1) is 12.0. The molecule has 4 nitrogen and oxygen atoms in total. The number of benzene rings is 1. The van der Waals surface area contributed by atoms with Crippen LogP contribution in [0.5, 0.6) is 0 Å². The SMILES string of the molecule is N#CC1=C(c2ccccc2)Nc2sccc2S1(=O)=O. The second-order valence-corrected chi connectivity index (χ2v) is 6.70. The van der Waals surface area contributed by atoms with Gasteiger partial charge in [0.05, 0.1) is 5.70 Å². The van der Waals surface area contributed by atoms with Crippen LogP contribution in [0.1, 0.15) is 5.56 Å². The van der Waals surface area contributed by atoms with Crippen molar-refractivity contribution in [2.45, 2.75) is 4.90 Å². The predicted molar refractivity (Wildman–Crippen MR) is 74.1 cm³/mol. The second-order valence-electron chi connectivity index (χ2n) is 3.92. The summed E-state index contributed by atoms with van der Waals surface area (Å²) in [6, 6.07) is 12.3. The highest BCUT2D eigenvalue weighted by molar-refractivity contribution is 7.96. The Labute approximate surface area is 114 Å². The van der Waals surface area contributed by atoms with E-state index in [-0.39, 0.29) is 9.80 Å². The van der Waals surface area contributed by atoms with Crippen molar-refractivity contribution in [3.8, 4) is 6.07 Å². The molecule has 19 heavy (non-hydrogen) atoms. The lowest BCUT2D eigenvalue weighted by molar-refractivity contribution is 0.603. The fraction of sp³-hybridized carbons (Fsp3) is 0. The first-order chi connectivity index (χ1) is 9.14. The predicted octanol–water partition coefficient (Wildman–Crippen LogP) is 2.84. The second kappa shape index (κ2) is 4.23. The molecule has 1 aliphatic rings. The third kappa shape index (κ3) is 1.75. The summed E-state index contributed by atoms with van der Waals surface area (Å²) >= 11 is 1.30. The molecule has 0 amide bonds. The van der Waals surface area contributed by atoms with E-state index in [0.717, 1.165) is 0 Å². The Morgan fingerprint density at radius 1 is 1.16 bits per heavy atom. The summed E-state index contributed by atoms with van der Waals surface area (Å²) in [6.45, 7) is 0. The van der Waals surface area contributed by atoms with E-state index in [2.05, 4.69) is 5.32 Å². The van der Waals surface area contributed by atoms with Crippen molar-refractivity contribution in [1.29, 1.82) is 5.26 Å². The minimum Gasteiger partial charge on any atom is -0.344 e.